The highest BCUT2D eigenvalue weighted by atomic mass is 79.9. The molecule has 0 aliphatic heterocycles. The Morgan fingerprint density at radius 3 is 2.48 bits per heavy atom. The number of benzene rings is 2. The summed E-state index contributed by atoms with van der Waals surface area (Å²) in [6, 6.07) is 10.6. The van der Waals surface area contributed by atoms with E-state index in [0.717, 1.165) is 0 Å². The Bertz CT molecular complexity index is 770. The van der Waals surface area contributed by atoms with Crippen molar-refractivity contribution >= 4 is 39.3 Å². The third-order valence-corrected chi connectivity index (χ3v) is 3.56. The van der Waals surface area contributed by atoms with E-state index < -0.39 is 17.8 Å². The van der Waals surface area contributed by atoms with Gasteiger partial charge in [-0.2, -0.15) is 0 Å². The summed E-state index contributed by atoms with van der Waals surface area (Å²) in [5, 5.41) is 5.10. The molecule has 2 aromatic rings. The fourth-order valence-corrected chi connectivity index (χ4v) is 2.25. The van der Waals surface area contributed by atoms with E-state index in [1.54, 1.807) is 24.3 Å². The molecule has 0 aliphatic rings. The van der Waals surface area contributed by atoms with E-state index in [2.05, 4.69) is 26.6 Å². The van der Waals surface area contributed by atoms with Crippen LogP contribution < -0.4 is 10.6 Å². The summed E-state index contributed by atoms with van der Waals surface area (Å²) in [4.78, 5) is 23.8. The lowest BCUT2D eigenvalue weighted by atomic mass is 10.2. The number of hydrogen-bond acceptors (Lipinski definition) is 4. The second-order valence-electron chi connectivity index (χ2n) is 4.91. The van der Waals surface area contributed by atoms with Crippen LogP contribution in [-0.4, -0.2) is 32.3 Å². The minimum absolute atomic E-state index is 0.0828. The highest BCUT2D eigenvalue weighted by molar-refractivity contribution is 9.10. The van der Waals surface area contributed by atoms with E-state index in [1.807, 2.05) is 0 Å². The van der Waals surface area contributed by atoms with E-state index in [0.29, 0.717) is 22.5 Å². The monoisotopic (exact) mass is 410 g/mol. The van der Waals surface area contributed by atoms with E-state index >= 15 is 0 Å². The van der Waals surface area contributed by atoms with E-state index in [1.165, 1.54) is 25.3 Å². The van der Waals surface area contributed by atoms with Crippen LogP contribution in [0.3, 0.4) is 0 Å². The molecular formula is C17H16BrFN2O4. The van der Waals surface area contributed by atoms with Gasteiger partial charge in [0.1, 0.15) is 12.4 Å². The van der Waals surface area contributed by atoms with Gasteiger partial charge in [0.2, 0.25) is 0 Å². The predicted molar refractivity (Wildman–Crippen MR) is 95.3 cm³/mol. The molecule has 8 heteroatoms. The average molecular weight is 411 g/mol. The van der Waals surface area contributed by atoms with Crippen LogP contribution in [0.1, 0.15) is 10.4 Å². The van der Waals surface area contributed by atoms with Gasteiger partial charge in [0.05, 0.1) is 12.2 Å². The summed E-state index contributed by atoms with van der Waals surface area (Å²) in [5.74, 6) is -1.23. The molecule has 0 aliphatic carbocycles. The second kappa shape index (κ2) is 9.14. The van der Waals surface area contributed by atoms with Gasteiger partial charge in [0, 0.05) is 23.0 Å². The first-order chi connectivity index (χ1) is 12.0. The van der Waals surface area contributed by atoms with Crippen molar-refractivity contribution in [1.29, 1.82) is 0 Å². The van der Waals surface area contributed by atoms with Crippen molar-refractivity contribution < 1.29 is 23.5 Å². The van der Waals surface area contributed by atoms with Gasteiger partial charge in [-0.3, -0.25) is 10.1 Å². The molecule has 0 atom stereocenters. The topological polar surface area (TPSA) is 76.7 Å². The molecule has 6 nitrogen and oxygen atoms in total. The summed E-state index contributed by atoms with van der Waals surface area (Å²) in [5.41, 5.74) is 0.749. The maximum absolute atomic E-state index is 13.8. The zero-order valence-electron chi connectivity index (χ0n) is 13.3. The normalized spacial score (nSPS) is 10.2. The summed E-state index contributed by atoms with van der Waals surface area (Å²) >= 11 is 3.14. The summed E-state index contributed by atoms with van der Waals surface area (Å²) in [6.07, 6.45) is -0.639. The number of halogens is 2. The second-order valence-corrected chi connectivity index (χ2v) is 5.83. The van der Waals surface area contributed by atoms with Crippen molar-refractivity contribution in [3.05, 3.63) is 58.3 Å². The first-order valence-corrected chi connectivity index (χ1v) is 8.08. The number of rotatable bonds is 6. The van der Waals surface area contributed by atoms with E-state index in [-0.39, 0.29) is 12.2 Å². The Morgan fingerprint density at radius 2 is 1.80 bits per heavy atom. The number of amides is 2. The van der Waals surface area contributed by atoms with Crippen LogP contribution >= 0.6 is 15.9 Å². The standard InChI is InChI=1S/C17H16BrFN2O4/c1-24-7-8-25-17(23)21-13-4-2-3-12(10-13)20-16(22)14-6-5-11(18)9-15(14)19/h2-6,9-10H,7-8H2,1H3,(H,20,22)(H,21,23). The Hall–Kier alpha value is -2.45. The molecule has 2 N–H and O–H groups in total. The van der Waals surface area contributed by atoms with Crippen LogP contribution in [0.5, 0.6) is 0 Å². The minimum Gasteiger partial charge on any atom is -0.447 e. The van der Waals surface area contributed by atoms with Gasteiger partial charge in [0.15, 0.2) is 0 Å². The van der Waals surface area contributed by atoms with Crippen LogP contribution in [0.4, 0.5) is 20.6 Å². The van der Waals surface area contributed by atoms with Crippen molar-refractivity contribution in [3.63, 3.8) is 0 Å². The lowest BCUT2D eigenvalue weighted by Gasteiger charge is -2.10. The van der Waals surface area contributed by atoms with Gasteiger partial charge >= 0.3 is 6.09 Å². The third kappa shape index (κ3) is 5.84. The van der Waals surface area contributed by atoms with Crippen molar-refractivity contribution in [2.45, 2.75) is 0 Å². The average Bonchev–Trinajstić information content (AvgIpc) is 2.55. The molecule has 25 heavy (non-hydrogen) atoms. The fraction of sp³-hybridized carbons (Fsp3) is 0.176. The smallest absolute Gasteiger partial charge is 0.411 e. The zero-order chi connectivity index (χ0) is 18.2. The van der Waals surface area contributed by atoms with Crippen LogP contribution in [0, 0.1) is 5.82 Å². The summed E-state index contributed by atoms with van der Waals surface area (Å²) < 4.78 is 24.0. The first kappa shape index (κ1) is 18.9. The Labute approximate surface area is 152 Å². The fourth-order valence-electron chi connectivity index (χ4n) is 1.92. The van der Waals surface area contributed by atoms with Gasteiger partial charge in [-0.05, 0) is 36.4 Å². The molecule has 0 fully saturated rings. The van der Waals surface area contributed by atoms with Crippen LogP contribution in [-0.2, 0) is 9.47 Å². The maximum Gasteiger partial charge on any atom is 0.411 e. The van der Waals surface area contributed by atoms with Crippen molar-refractivity contribution in [1.82, 2.24) is 0 Å². The lowest BCUT2D eigenvalue weighted by Crippen LogP contribution is -2.17. The van der Waals surface area contributed by atoms with Crippen molar-refractivity contribution in [3.8, 4) is 0 Å². The van der Waals surface area contributed by atoms with Gasteiger partial charge < -0.3 is 14.8 Å². The highest BCUT2D eigenvalue weighted by Crippen LogP contribution is 2.19. The zero-order valence-corrected chi connectivity index (χ0v) is 14.9. The molecule has 132 valence electrons. The number of hydrogen-bond donors (Lipinski definition) is 2. The van der Waals surface area contributed by atoms with Crippen molar-refractivity contribution in [2.24, 2.45) is 0 Å². The number of ether oxygens (including phenoxy) is 2. The Kier molecular flexibility index (Phi) is 6.91. The quantitative estimate of drug-likeness (QED) is 0.704. The maximum atomic E-state index is 13.8. The van der Waals surface area contributed by atoms with E-state index in [9.17, 15) is 14.0 Å². The van der Waals surface area contributed by atoms with Gasteiger partial charge in [-0.15, -0.1) is 0 Å². The molecule has 0 spiro atoms. The molecule has 0 heterocycles. The minimum atomic E-state index is -0.639. The third-order valence-electron chi connectivity index (χ3n) is 3.06. The lowest BCUT2D eigenvalue weighted by molar-refractivity contribution is 0.102. The molecule has 0 saturated carbocycles. The molecule has 0 saturated heterocycles. The molecular weight excluding hydrogens is 395 g/mol. The summed E-state index contributed by atoms with van der Waals surface area (Å²) in [6.45, 7) is 0.421. The Balaban J connectivity index is 2.01. The predicted octanol–water partition coefficient (Wildman–Crippen LogP) is 4.04. The molecule has 0 bridgehead atoms. The van der Waals surface area contributed by atoms with E-state index in [4.69, 9.17) is 9.47 Å². The van der Waals surface area contributed by atoms with Crippen LogP contribution in [0.25, 0.3) is 0 Å². The molecule has 2 aromatic carbocycles. The van der Waals surface area contributed by atoms with Crippen molar-refractivity contribution in [2.75, 3.05) is 31.0 Å². The van der Waals surface area contributed by atoms with Gasteiger partial charge in [0.25, 0.3) is 5.91 Å². The largest absolute Gasteiger partial charge is 0.447 e. The van der Waals surface area contributed by atoms with Crippen LogP contribution in [0.15, 0.2) is 46.9 Å². The number of anilines is 2. The molecule has 0 aromatic heterocycles. The van der Waals surface area contributed by atoms with Crippen LogP contribution in [0.2, 0.25) is 0 Å². The van der Waals surface area contributed by atoms with Gasteiger partial charge in [-0.1, -0.05) is 22.0 Å². The number of nitrogens with one attached hydrogen (secondary N) is 2. The molecule has 2 amide bonds. The Morgan fingerprint density at radius 1 is 1.08 bits per heavy atom. The highest BCUT2D eigenvalue weighted by Gasteiger charge is 2.12. The number of carbonyl (C=O) groups is 2. The number of carbonyl (C=O) groups excluding carboxylic acids is 2. The van der Waals surface area contributed by atoms with Gasteiger partial charge in [-0.25, -0.2) is 9.18 Å². The molecule has 0 radical (unpaired) electrons. The molecule has 0 unspecified atom stereocenters. The SMILES string of the molecule is COCCOC(=O)Nc1cccc(NC(=O)c2ccc(Br)cc2F)c1. The number of methoxy groups -OCH3 is 1. The first-order valence-electron chi connectivity index (χ1n) is 7.29. The summed E-state index contributed by atoms with van der Waals surface area (Å²) in [7, 11) is 1.50. The molecule has 2 rings (SSSR count).